The van der Waals surface area contributed by atoms with E-state index in [4.69, 9.17) is 24.4 Å². The van der Waals surface area contributed by atoms with Gasteiger partial charge in [0.05, 0.1) is 36.9 Å². The van der Waals surface area contributed by atoms with E-state index in [9.17, 15) is 19.2 Å². The molecule has 1 aliphatic rings. The second-order valence-electron chi connectivity index (χ2n) is 12.9. The van der Waals surface area contributed by atoms with Crippen LogP contribution in [0.2, 0.25) is 0 Å². The Morgan fingerprint density at radius 1 is 0.673 bits per heavy atom. The first-order valence-corrected chi connectivity index (χ1v) is 18.0. The van der Waals surface area contributed by atoms with Gasteiger partial charge in [-0.1, -0.05) is 71.9 Å². The molecule has 0 aromatic heterocycles. The lowest BCUT2D eigenvalue weighted by Crippen LogP contribution is -2.28. The van der Waals surface area contributed by atoms with E-state index in [1.54, 1.807) is 31.2 Å². The Bertz CT molecular complexity index is 1200. The van der Waals surface area contributed by atoms with Crippen molar-refractivity contribution in [3.63, 3.8) is 0 Å². The first-order valence-electron chi connectivity index (χ1n) is 18.0. The highest BCUT2D eigenvalue weighted by Crippen LogP contribution is 2.30. The molecule has 3 atom stereocenters. The van der Waals surface area contributed by atoms with Crippen LogP contribution in [0.5, 0.6) is 11.5 Å². The molecule has 0 amide bonds. The summed E-state index contributed by atoms with van der Waals surface area (Å²) in [5, 5.41) is 17.2. The number of carbonyl (C=O) groups is 4. The van der Waals surface area contributed by atoms with E-state index in [2.05, 4.69) is 44.2 Å². The lowest BCUT2D eigenvalue weighted by atomic mass is 9.82. The van der Waals surface area contributed by atoms with Gasteiger partial charge in [-0.05, 0) is 106 Å². The van der Waals surface area contributed by atoms with Gasteiger partial charge in [-0.25, -0.2) is 0 Å². The van der Waals surface area contributed by atoms with E-state index >= 15 is 0 Å². The average Bonchev–Trinajstić information content (AvgIpc) is 3.12. The van der Waals surface area contributed by atoms with Crippen LogP contribution in [-0.4, -0.2) is 47.3 Å². The number of carboxylic acid groups (broad SMARTS) is 2. The first kappa shape index (κ1) is 43.1. The number of aliphatic carboxylic acids is 2. The van der Waals surface area contributed by atoms with Crippen LogP contribution in [0.15, 0.2) is 54.6 Å². The standard InChI is InChI=1S/C25H36O7.C10H14.C5H10O2/c1-3-18(2)24(28)31-17-7-5-4-6-16-30-21-12-14-22(15-13-21)32-25(29)20-10-8-19(9-11-20)23(26)27;1-3-9(2)10-7-5-4-6-8-10;1-3-4(2)5(6)7/h12-15,18-20H,3-11,16-17H2,1-2H3,(H,26,27);4-9H,3H2,1-2H3;4H,3H2,1-2H3,(H,6,7). The van der Waals surface area contributed by atoms with Crippen LogP contribution in [0.4, 0.5) is 0 Å². The van der Waals surface area contributed by atoms with Gasteiger partial charge in [0.25, 0.3) is 0 Å². The Kier molecular flexibility index (Phi) is 22.1. The van der Waals surface area contributed by atoms with E-state index in [0.717, 1.165) is 38.5 Å². The molecule has 3 unspecified atom stereocenters. The Balaban J connectivity index is 0.000000573. The van der Waals surface area contributed by atoms with Crippen LogP contribution in [0.25, 0.3) is 0 Å². The second kappa shape index (κ2) is 25.1. The minimum absolute atomic E-state index is 0.0304. The molecule has 0 heterocycles. The number of unbranched alkanes of at least 4 members (excludes halogenated alkanes) is 3. The number of hydrogen-bond donors (Lipinski definition) is 2. The van der Waals surface area contributed by atoms with Crippen LogP contribution in [0, 0.1) is 23.7 Å². The SMILES string of the molecule is CCC(C)C(=O)O.CCC(C)C(=O)OCCCCCCOc1ccc(OC(=O)C2CCC(C(=O)O)CC2)cc1.CCC(C)c1ccccc1. The largest absolute Gasteiger partial charge is 0.494 e. The molecule has 0 spiro atoms. The van der Waals surface area contributed by atoms with Gasteiger partial charge in [0, 0.05) is 0 Å². The summed E-state index contributed by atoms with van der Waals surface area (Å²) < 4.78 is 16.4. The highest BCUT2D eigenvalue weighted by molar-refractivity contribution is 5.76. The van der Waals surface area contributed by atoms with Crippen molar-refractivity contribution >= 4 is 23.9 Å². The third kappa shape index (κ3) is 18.5. The molecule has 1 saturated carbocycles. The molecule has 1 fully saturated rings. The van der Waals surface area contributed by atoms with E-state index < -0.39 is 11.9 Å². The smallest absolute Gasteiger partial charge is 0.314 e. The summed E-state index contributed by atoms with van der Waals surface area (Å²) in [7, 11) is 0. The molecular formula is C40H60O9. The second-order valence-corrected chi connectivity index (χ2v) is 12.9. The molecule has 49 heavy (non-hydrogen) atoms. The third-order valence-corrected chi connectivity index (χ3v) is 9.03. The van der Waals surface area contributed by atoms with Crippen molar-refractivity contribution in [3.8, 4) is 11.5 Å². The van der Waals surface area contributed by atoms with Crippen LogP contribution in [-0.2, 0) is 23.9 Å². The number of ether oxygens (including phenoxy) is 3. The normalized spacial score (nSPS) is 17.0. The van der Waals surface area contributed by atoms with E-state index in [1.807, 2.05) is 20.8 Å². The molecule has 274 valence electrons. The van der Waals surface area contributed by atoms with Crippen molar-refractivity contribution < 1.29 is 43.6 Å². The Labute approximate surface area is 293 Å². The fourth-order valence-corrected chi connectivity index (χ4v) is 4.80. The first-order chi connectivity index (χ1) is 23.4. The molecule has 0 bridgehead atoms. The summed E-state index contributed by atoms with van der Waals surface area (Å²) in [5.74, 6) is -0.796. The fraction of sp³-hybridized carbons (Fsp3) is 0.600. The zero-order valence-corrected chi connectivity index (χ0v) is 30.5. The van der Waals surface area contributed by atoms with E-state index in [-0.39, 0.29) is 35.6 Å². The van der Waals surface area contributed by atoms with Crippen molar-refractivity contribution in [1.29, 1.82) is 0 Å². The van der Waals surface area contributed by atoms with Gasteiger partial charge in [0.1, 0.15) is 11.5 Å². The highest BCUT2D eigenvalue weighted by Gasteiger charge is 2.30. The molecule has 9 heteroatoms. The Morgan fingerprint density at radius 2 is 1.20 bits per heavy atom. The summed E-state index contributed by atoms with van der Waals surface area (Å²) in [6.07, 6.45) is 8.65. The lowest BCUT2D eigenvalue weighted by molar-refractivity contribution is -0.148. The molecule has 2 aromatic rings. The Morgan fingerprint density at radius 3 is 1.69 bits per heavy atom. The molecule has 0 radical (unpaired) electrons. The van der Waals surface area contributed by atoms with Gasteiger partial charge in [-0.3, -0.25) is 19.2 Å². The minimum Gasteiger partial charge on any atom is -0.494 e. The summed E-state index contributed by atoms with van der Waals surface area (Å²) in [4.78, 5) is 44.8. The zero-order chi connectivity index (χ0) is 36.6. The topological polar surface area (TPSA) is 136 Å². The van der Waals surface area contributed by atoms with E-state index in [1.165, 1.54) is 12.0 Å². The van der Waals surface area contributed by atoms with Gasteiger partial charge in [0.15, 0.2) is 0 Å². The van der Waals surface area contributed by atoms with Gasteiger partial charge in [-0.2, -0.15) is 0 Å². The van der Waals surface area contributed by atoms with Gasteiger partial charge in [0.2, 0.25) is 0 Å². The Hall–Kier alpha value is -3.88. The molecule has 9 nitrogen and oxygen atoms in total. The molecule has 1 aliphatic carbocycles. The number of esters is 2. The molecule has 0 saturated heterocycles. The zero-order valence-electron chi connectivity index (χ0n) is 30.5. The third-order valence-electron chi connectivity index (χ3n) is 9.03. The fourth-order valence-electron chi connectivity index (χ4n) is 4.80. The average molecular weight is 685 g/mol. The van der Waals surface area contributed by atoms with Crippen LogP contribution < -0.4 is 9.47 Å². The van der Waals surface area contributed by atoms with E-state index in [0.29, 0.717) is 56.3 Å². The predicted molar refractivity (Wildman–Crippen MR) is 192 cm³/mol. The number of carbonyl (C=O) groups excluding carboxylic acids is 2. The summed E-state index contributed by atoms with van der Waals surface area (Å²) in [6, 6.07) is 17.6. The van der Waals surface area contributed by atoms with Crippen molar-refractivity contribution in [2.75, 3.05) is 13.2 Å². The number of hydrogen-bond acceptors (Lipinski definition) is 7. The number of rotatable bonds is 17. The van der Waals surface area contributed by atoms with Crippen molar-refractivity contribution in [3.05, 3.63) is 60.2 Å². The summed E-state index contributed by atoms with van der Waals surface area (Å²) in [6.45, 7) is 13.0. The lowest BCUT2D eigenvalue weighted by Gasteiger charge is -2.24. The van der Waals surface area contributed by atoms with Crippen LogP contribution in [0.3, 0.4) is 0 Å². The maximum Gasteiger partial charge on any atom is 0.314 e. The highest BCUT2D eigenvalue weighted by atomic mass is 16.5. The molecule has 3 rings (SSSR count). The van der Waals surface area contributed by atoms with Gasteiger partial charge in [-0.15, -0.1) is 0 Å². The quantitative estimate of drug-likeness (QED) is 0.0949. The summed E-state index contributed by atoms with van der Waals surface area (Å²) >= 11 is 0. The molecule has 2 N–H and O–H groups in total. The van der Waals surface area contributed by atoms with Gasteiger partial charge >= 0.3 is 23.9 Å². The molecule has 2 aromatic carbocycles. The summed E-state index contributed by atoms with van der Waals surface area (Å²) in [5.41, 5.74) is 1.45. The monoisotopic (exact) mass is 684 g/mol. The van der Waals surface area contributed by atoms with Crippen LogP contribution >= 0.6 is 0 Å². The number of carboxylic acids is 2. The van der Waals surface area contributed by atoms with Gasteiger partial charge < -0.3 is 24.4 Å². The maximum absolute atomic E-state index is 12.3. The van der Waals surface area contributed by atoms with Crippen molar-refractivity contribution in [2.24, 2.45) is 23.7 Å². The molecular weight excluding hydrogens is 624 g/mol. The van der Waals surface area contributed by atoms with Crippen molar-refractivity contribution in [1.82, 2.24) is 0 Å². The van der Waals surface area contributed by atoms with Crippen LogP contribution in [0.1, 0.15) is 124 Å². The van der Waals surface area contributed by atoms with Crippen molar-refractivity contribution in [2.45, 2.75) is 118 Å². The number of benzene rings is 2. The molecule has 0 aliphatic heterocycles. The predicted octanol–water partition coefficient (Wildman–Crippen LogP) is 9.33. The minimum atomic E-state index is -0.782. The maximum atomic E-state index is 12.3.